The zero-order valence-electron chi connectivity index (χ0n) is 16.4. The number of halogens is 2. The molecule has 2 aliphatic rings. The smallest absolute Gasteiger partial charge is 0.191 e. The van der Waals surface area contributed by atoms with E-state index >= 15 is 0 Å². The Bertz CT molecular complexity index is 616. The Kier molecular flexibility index (Phi) is 10.2. The van der Waals surface area contributed by atoms with Crippen LogP contribution in [-0.4, -0.2) is 69.6 Å². The molecule has 0 saturated carbocycles. The van der Waals surface area contributed by atoms with Crippen molar-refractivity contribution in [2.24, 2.45) is 4.99 Å². The number of hydrogen-bond donors (Lipinski definition) is 2. The summed E-state index contributed by atoms with van der Waals surface area (Å²) in [5, 5.41) is 6.74. The molecule has 2 N–H and O–H groups in total. The minimum atomic E-state index is -0.273. The van der Waals surface area contributed by atoms with E-state index < -0.39 is 0 Å². The van der Waals surface area contributed by atoms with Gasteiger partial charge in [-0.3, -0.25) is 4.99 Å². The summed E-state index contributed by atoms with van der Waals surface area (Å²) >= 11 is 0. The van der Waals surface area contributed by atoms with Crippen LogP contribution in [0.1, 0.15) is 25.7 Å². The predicted octanol–water partition coefficient (Wildman–Crippen LogP) is 2.17. The number of anilines is 1. The predicted molar refractivity (Wildman–Crippen MR) is 119 cm³/mol. The third kappa shape index (κ3) is 7.00. The van der Waals surface area contributed by atoms with Gasteiger partial charge in [-0.15, -0.1) is 24.0 Å². The Hall–Kier alpha value is -1.20. The van der Waals surface area contributed by atoms with E-state index in [1.165, 1.54) is 6.07 Å². The third-order valence-electron chi connectivity index (χ3n) is 4.93. The lowest BCUT2D eigenvalue weighted by atomic mass is 10.1. The molecule has 7 nitrogen and oxygen atoms in total. The lowest BCUT2D eigenvalue weighted by molar-refractivity contribution is -0.0320. The van der Waals surface area contributed by atoms with Crippen LogP contribution in [0.4, 0.5) is 10.2 Å². The van der Waals surface area contributed by atoms with Crippen molar-refractivity contribution in [2.75, 3.05) is 51.4 Å². The van der Waals surface area contributed by atoms with Crippen molar-refractivity contribution >= 4 is 35.8 Å². The second kappa shape index (κ2) is 12.4. The molecule has 3 rings (SSSR count). The molecule has 1 unspecified atom stereocenters. The summed E-state index contributed by atoms with van der Waals surface area (Å²) < 4.78 is 25.1. The largest absolute Gasteiger partial charge is 0.381 e. The molecule has 0 radical (unpaired) electrons. The number of rotatable bonds is 7. The summed E-state index contributed by atoms with van der Waals surface area (Å²) in [4.78, 5) is 10.4. The van der Waals surface area contributed by atoms with Gasteiger partial charge in [0.25, 0.3) is 0 Å². The highest BCUT2D eigenvalue weighted by Crippen LogP contribution is 2.20. The van der Waals surface area contributed by atoms with Crippen LogP contribution in [0.15, 0.2) is 23.3 Å². The van der Waals surface area contributed by atoms with Crippen molar-refractivity contribution in [2.45, 2.75) is 37.8 Å². The van der Waals surface area contributed by atoms with Crippen LogP contribution < -0.4 is 15.5 Å². The van der Waals surface area contributed by atoms with Crippen molar-refractivity contribution in [3.8, 4) is 0 Å². The van der Waals surface area contributed by atoms with E-state index in [0.29, 0.717) is 18.5 Å². The molecule has 3 heterocycles. The van der Waals surface area contributed by atoms with Crippen molar-refractivity contribution in [3.05, 3.63) is 24.1 Å². The van der Waals surface area contributed by atoms with Crippen molar-refractivity contribution in [3.63, 3.8) is 0 Å². The van der Waals surface area contributed by atoms with E-state index in [1.54, 1.807) is 19.3 Å². The van der Waals surface area contributed by atoms with Gasteiger partial charge in [-0.2, -0.15) is 0 Å². The molecule has 0 aliphatic carbocycles. The summed E-state index contributed by atoms with van der Waals surface area (Å²) in [7, 11) is 1.76. The molecular formula is C19H31FIN5O2. The molecule has 0 amide bonds. The van der Waals surface area contributed by atoms with Gasteiger partial charge in [0.15, 0.2) is 17.6 Å². The summed E-state index contributed by atoms with van der Waals surface area (Å²) in [5.74, 6) is 0.926. The van der Waals surface area contributed by atoms with Crippen molar-refractivity contribution in [1.82, 2.24) is 15.6 Å². The first-order valence-corrected chi connectivity index (χ1v) is 9.78. The molecular weight excluding hydrogens is 476 g/mol. The molecule has 2 fully saturated rings. The van der Waals surface area contributed by atoms with Gasteiger partial charge in [0.05, 0.1) is 6.10 Å². The fourth-order valence-electron chi connectivity index (χ4n) is 3.44. The lowest BCUT2D eigenvalue weighted by Crippen LogP contribution is -2.45. The van der Waals surface area contributed by atoms with Crippen molar-refractivity contribution in [1.29, 1.82) is 0 Å². The molecule has 0 spiro atoms. The zero-order valence-corrected chi connectivity index (χ0v) is 18.7. The minimum Gasteiger partial charge on any atom is -0.381 e. The van der Waals surface area contributed by atoms with Gasteiger partial charge in [0.1, 0.15) is 0 Å². The van der Waals surface area contributed by atoms with E-state index in [-0.39, 0.29) is 35.8 Å². The first kappa shape index (κ1) is 23.1. The summed E-state index contributed by atoms with van der Waals surface area (Å²) in [6.45, 7) is 4.64. The van der Waals surface area contributed by atoms with E-state index in [4.69, 9.17) is 9.47 Å². The van der Waals surface area contributed by atoms with Gasteiger partial charge in [-0.1, -0.05) is 0 Å². The Balaban J connectivity index is 0.00000280. The highest BCUT2D eigenvalue weighted by atomic mass is 127. The average molecular weight is 507 g/mol. The first-order chi connectivity index (χ1) is 13.3. The Morgan fingerprint density at radius 1 is 1.39 bits per heavy atom. The monoisotopic (exact) mass is 507 g/mol. The molecule has 0 aromatic carbocycles. The molecule has 1 aromatic rings. The summed E-state index contributed by atoms with van der Waals surface area (Å²) in [6, 6.07) is 3.28. The van der Waals surface area contributed by atoms with E-state index in [0.717, 1.165) is 64.6 Å². The maximum Gasteiger partial charge on any atom is 0.191 e. The average Bonchev–Trinajstić information content (AvgIpc) is 3.16. The molecule has 158 valence electrons. The van der Waals surface area contributed by atoms with Crippen LogP contribution in [0.3, 0.4) is 0 Å². The standard InChI is InChI=1S/C19H30FN5O2.HI/c1-21-19(23-9-3-11-27-16-6-12-26-13-7-16)24-15-5-10-25(14-15)18-17(20)4-2-8-22-18;/h2,4,8,15-16H,3,5-7,9-14H2,1H3,(H2,21,23,24);1H. The molecule has 2 aliphatic heterocycles. The van der Waals surface area contributed by atoms with Crippen LogP contribution >= 0.6 is 24.0 Å². The second-order valence-corrected chi connectivity index (χ2v) is 6.92. The summed E-state index contributed by atoms with van der Waals surface area (Å²) in [5.41, 5.74) is 0. The fraction of sp³-hybridized carbons (Fsp3) is 0.684. The normalized spacial score (nSPS) is 20.7. The highest BCUT2D eigenvalue weighted by molar-refractivity contribution is 14.0. The quantitative estimate of drug-likeness (QED) is 0.255. The first-order valence-electron chi connectivity index (χ1n) is 9.78. The van der Waals surface area contributed by atoms with Gasteiger partial charge >= 0.3 is 0 Å². The third-order valence-corrected chi connectivity index (χ3v) is 4.93. The van der Waals surface area contributed by atoms with Crippen molar-refractivity contribution < 1.29 is 13.9 Å². The zero-order chi connectivity index (χ0) is 18.9. The Labute approximate surface area is 183 Å². The number of nitrogens with one attached hydrogen (secondary N) is 2. The summed E-state index contributed by atoms with van der Waals surface area (Å²) in [6.07, 6.45) is 5.80. The maximum absolute atomic E-state index is 13.9. The Morgan fingerprint density at radius 3 is 2.96 bits per heavy atom. The van der Waals surface area contributed by atoms with E-state index in [1.807, 2.05) is 4.90 Å². The van der Waals surface area contributed by atoms with E-state index in [9.17, 15) is 4.39 Å². The highest BCUT2D eigenvalue weighted by Gasteiger charge is 2.25. The van der Waals surface area contributed by atoms with Gasteiger partial charge in [0.2, 0.25) is 0 Å². The van der Waals surface area contributed by atoms with Gasteiger partial charge in [0, 0.05) is 58.7 Å². The SMILES string of the molecule is CN=C(NCCCOC1CCOCC1)NC1CCN(c2ncccc2F)C1.I. The minimum absolute atomic E-state index is 0. The number of nitrogens with zero attached hydrogens (tertiary/aromatic N) is 3. The molecule has 28 heavy (non-hydrogen) atoms. The van der Waals surface area contributed by atoms with Gasteiger partial charge in [-0.25, -0.2) is 9.37 Å². The van der Waals surface area contributed by atoms with Crippen LogP contribution in [0, 0.1) is 5.82 Å². The van der Waals surface area contributed by atoms with Crippen LogP contribution in [-0.2, 0) is 9.47 Å². The molecule has 9 heteroatoms. The number of aliphatic imine (C=N–C) groups is 1. The number of ether oxygens (including phenoxy) is 2. The van der Waals surface area contributed by atoms with Crippen LogP contribution in [0.25, 0.3) is 0 Å². The number of guanidine groups is 1. The Morgan fingerprint density at radius 2 is 2.21 bits per heavy atom. The topological polar surface area (TPSA) is 71.0 Å². The number of pyridine rings is 1. The van der Waals surface area contributed by atoms with Gasteiger partial charge in [-0.05, 0) is 37.8 Å². The van der Waals surface area contributed by atoms with Crippen LogP contribution in [0.5, 0.6) is 0 Å². The second-order valence-electron chi connectivity index (χ2n) is 6.92. The van der Waals surface area contributed by atoms with Crippen LogP contribution in [0.2, 0.25) is 0 Å². The molecule has 0 bridgehead atoms. The maximum atomic E-state index is 13.9. The molecule has 2 saturated heterocycles. The molecule has 1 aromatic heterocycles. The van der Waals surface area contributed by atoms with E-state index in [2.05, 4.69) is 20.6 Å². The molecule has 1 atom stereocenters. The fourth-order valence-corrected chi connectivity index (χ4v) is 3.44. The van der Waals surface area contributed by atoms with Gasteiger partial charge < -0.3 is 25.0 Å². The number of aromatic nitrogens is 1. The number of hydrogen-bond acceptors (Lipinski definition) is 5. The lowest BCUT2D eigenvalue weighted by Gasteiger charge is -2.22.